The fraction of sp³-hybridized carbons (Fsp3) is 0.467. The number of carbonyl (C=O) groups is 1. The topological polar surface area (TPSA) is 94.0 Å². The van der Waals surface area contributed by atoms with E-state index in [0.29, 0.717) is 22.9 Å². The predicted octanol–water partition coefficient (Wildman–Crippen LogP) is 1.34. The van der Waals surface area contributed by atoms with E-state index < -0.39 is 0 Å². The maximum absolute atomic E-state index is 12.4. The predicted molar refractivity (Wildman–Crippen MR) is 91.9 cm³/mol. The minimum absolute atomic E-state index is 0. The van der Waals surface area contributed by atoms with Crippen LogP contribution in [0.1, 0.15) is 18.7 Å². The zero-order chi connectivity index (χ0) is 16.2. The first-order valence-electron chi connectivity index (χ1n) is 7.64. The Bertz CT molecular complexity index is 699. The molecule has 2 N–H and O–H groups in total. The molecule has 0 bridgehead atoms. The second kappa shape index (κ2) is 8.07. The number of hydrogen-bond acceptors (Lipinski definition) is 6. The summed E-state index contributed by atoms with van der Waals surface area (Å²) < 4.78 is 6.94. The Morgan fingerprint density at radius 2 is 2.29 bits per heavy atom. The van der Waals surface area contributed by atoms with Crippen LogP contribution < -0.4 is 15.4 Å². The number of nitrogens with zero attached hydrogens (tertiary/aromatic N) is 4. The number of nitrogens with one attached hydrogen (secondary N) is 2. The van der Waals surface area contributed by atoms with Crippen molar-refractivity contribution < 1.29 is 9.53 Å². The standard InChI is InChI=1S/C15H20N6O2.ClH/c1-10-18-19-20-21(10)13-8-12(5-6-14(13)23-2)17-15(22)11-4-3-7-16-9-11;/h5-6,8,11,16H,3-4,7,9H2,1-2H3,(H,17,22);1H. The lowest BCUT2D eigenvalue weighted by atomic mass is 9.99. The van der Waals surface area contributed by atoms with Gasteiger partial charge in [-0.2, -0.15) is 4.68 Å². The summed E-state index contributed by atoms with van der Waals surface area (Å²) in [5, 5.41) is 17.7. The molecule has 1 saturated heterocycles. The van der Waals surface area contributed by atoms with E-state index in [1.807, 2.05) is 12.1 Å². The van der Waals surface area contributed by atoms with Crippen LogP contribution in [0.3, 0.4) is 0 Å². The van der Waals surface area contributed by atoms with Gasteiger partial charge < -0.3 is 15.4 Å². The highest BCUT2D eigenvalue weighted by atomic mass is 35.5. The van der Waals surface area contributed by atoms with Crippen molar-refractivity contribution in [3.8, 4) is 11.4 Å². The molecule has 0 radical (unpaired) electrons. The van der Waals surface area contributed by atoms with Gasteiger partial charge in [-0.25, -0.2) is 0 Å². The van der Waals surface area contributed by atoms with Crippen molar-refractivity contribution >= 4 is 24.0 Å². The molecule has 1 unspecified atom stereocenters. The summed E-state index contributed by atoms with van der Waals surface area (Å²) >= 11 is 0. The van der Waals surface area contributed by atoms with Crippen molar-refractivity contribution in [1.82, 2.24) is 25.5 Å². The van der Waals surface area contributed by atoms with Crippen molar-refractivity contribution in [2.24, 2.45) is 5.92 Å². The molecule has 0 aliphatic carbocycles. The fourth-order valence-corrected chi connectivity index (χ4v) is 2.71. The summed E-state index contributed by atoms with van der Waals surface area (Å²) in [5.74, 6) is 1.31. The normalized spacial score (nSPS) is 17.0. The Kier molecular flexibility index (Phi) is 6.10. The van der Waals surface area contributed by atoms with Crippen molar-refractivity contribution in [3.05, 3.63) is 24.0 Å². The molecule has 1 fully saturated rings. The summed E-state index contributed by atoms with van der Waals surface area (Å²) in [6.45, 7) is 3.51. The van der Waals surface area contributed by atoms with Crippen LogP contribution in [0.4, 0.5) is 5.69 Å². The van der Waals surface area contributed by atoms with Gasteiger partial charge in [-0.05, 0) is 54.9 Å². The SMILES string of the molecule is COc1ccc(NC(=O)C2CCCNC2)cc1-n1nnnc1C.Cl. The second-order valence-corrected chi connectivity index (χ2v) is 5.56. The van der Waals surface area contributed by atoms with Crippen LogP contribution in [-0.4, -0.2) is 46.3 Å². The van der Waals surface area contributed by atoms with Crippen molar-refractivity contribution in [1.29, 1.82) is 0 Å². The number of halogens is 1. The maximum Gasteiger partial charge on any atom is 0.228 e. The molecule has 2 aromatic rings. The third kappa shape index (κ3) is 3.82. The van der Waals surface area contributed by atoms with Crippen LogP contribution >= 0.6 is 12.4 Å². The lowest BCUT2D eigenvalue weighted by molar-refractivity contribution is -0.120. The van der Waals surface area contributed by atoms with Crippen LogP contribution in [0, 0.1) is 12.8 Å². The van der Waals surface area contributed by atoms with Gasteiger partial charge in [-0.3, -0.25) is 4.79 Å². The van der Waals surface area contributed by atoms with Gasteiger partial charge in [0.05, 0.1) is 13.0 Å². The van der Waals surface area contributed by atoms with E-state index in [4.69, 9.17) is 4.74 Å². The highest BCUT2D eigenvalue weighted by Gasteiger charge is 2.21. The van der Waals surface area contributed by atoms with E-state index in [-0.39, 0.29) is 24.2 Å². The number of piperidine rings is 1. The van der Waals surface area contributed by atoms with Crippen molar-refractivity contribution in [3.63, 3.8) is 0 Å². The van der Waals surface area contributed by atoms with Crippen LogP contribution in [0.2, 0.25) is 0 Å². The largest absolute Gasteiger partial charge is 0.494 e. The van der Waals surface area contributed by atoms with E-state index >= 15 is 0 Å². The Labute approximate surface area is 146 Å². The summed E-state index contributed by atoms with van der Waals surface area (Å²) in [4.78, 5) is 12.4. The van der Waals surface area contributed by atoms with Gasteiger partial charge in [-0.15, -0.1) is 17.5 Å². The van der Waals surface area contributed by atoms with E-state index in [2.05, 4.69) is 26.2 Å². The number of rotatable bonds is 4. The Morgan fingerprint density at radius 1 is 1.46 bits per heavy atom. The molecule has 1 aliphatic heterocycles. The van der Waals surface area contributed by atoms with E-state index in [1.165, 1.54) is 0 Å². The number of ether oxygens (including phenoxy) is 1. The minimum Gasteiger partial charge on any atom is -0.494 e. The first-order chi connectivity index (χ1) is 11.2. The molecule has 1 aromatic carbocycles. The number of aryl methyl sites for hydroxylation is 1. The molecule has 24 heavy (non-hydrogen) atoms. The maximum atomic E-state index is 12.4. The molecule has 1 aliphatic rings. The Balaban J connectivity index is 0.00000208. The summed E-state index contributed by atoms with van der Waals surface area (Å²) in [6.07, 6.45) is 1.93. The Hall–Kier alpha value is -2.19. The average Bonchev–Trinajstić information content (AvgIpc) is 3.01. The Morgan fingerprint density at radius 3 is 2.92 bits per heavy atom. The number of amides is 1. The van der Waals surface area contributed by atoms with Crippen LogP contribution in [0.25, 0.3) is 5.69 Å². The molecule has 1 atom stereocenters. The summed E-state index contributed by atoms with van der Waals surface area (Å²) in [7, 11) is 1.59. The van der Waals surface area contributed by atoms with Crippen LogP contribution in [0.5, 0.6) is 5.75 Å². The van der Waals surface area contributed by atoms with E-state index in [0.717, 1.165) is 25.9 Å². The number of hydrogen-bond donors (Lipinski definition) is 2. The number of carbonyl (C=O) groups excluding carboxylic acids is 1. The first-order valence-corrected chi connectivity index (χ1v) is 7.64. The number of anilines is 1. The zero-order valence-corrected chi connectivity index (χ0v) is 14.5. The monoisotopic (exact) mass is 352 g/mol. The molecular formula is C15H21ClN6O2. The lowest BCUT2D eigenvalue weighted by Gasteiger charge is -2.22. The van der Waals surface area contributed by atoms with Gasteiger partial charge in [0.25, 0.3) is 0 Å². The number of tetrazole rings is 1. The van der Waals surface area contributed by atoms with Crippen LogP contribution in [0.15, 0.2) is 18.2 Å². The molecule has 9 heteroatoms. The van der Waals surface area contributed by atoms with Gasteiger partial charge in [0.2, 0.25) is 5.91 Å². The highest BCUT2D eigenvalue weighted by molar-refractivity contribution is 5.93. The second-order valence-electron chi connectivity index (χ2n) is 5.56. The third-order valence-electron chi connectivity index (χ3n) is 3.97. The van der Waals surface area contributed by atoms with Crippen LogP contribution in [-0.2, 0) is 4.79 Å². The molecule has 8 nitrogen and oxygen atoms in total. The summed E-state index contributed by atoms with van der Waals surface area (Å²) in [5.41, 5.74) is 1.39. The highest BCUT2D eigenvalue weighted by Crippen LogP contribution is 2.27. The van der Waals surface area contributed by atoms with Gasteiger partial charge in [0.15, 0.2) is 5.82 Å². The fourth-order valence-electron chi connectivity index (χ4n) is 2.71. The van der Waals surface area contributed by atoms with E-state index in [1.54, 1.807) is 24.8 Å². The van der Waals surface area contributed by atoms with Gasteiger partial charge in [-0.1, -0.05) is 0 Å². The molecule has 3 rings (SSSR count). The van der Waals surface area contributed by atoms with Gasteiger partial charge in [0.1, 0.15) is 11.4 Å². The van der Waals surface area contributed by atoms with Gasteiger partial charge in [0, 0.05) is 12.2 Å². The molecule has 130 valence electrons. The first kappa shape index (κ1) is 18.2. The zero-order valence-electron chi connectivity index (χ0n) is 13.7. The molecule has 1 aromatic heterocycles. The number of methoxy groups -OCH3 is 1. The third-order valence-corrected chi connectivity index (χ3v) is 3.97. The molecule has 1 amide bonds. The summed E-state index contributed by atoms with van der Waals surface area (Å²) in [6, 6.07) is 5.43. The smallest absolute Gasteiger partial charge is 0.228 e. The number of benzene rings is 1. The molecule has 2 heterocycles. The molecule has 0 saturated carbocycles. The molecular weight excluding hydrogens is 332 g/mol. The lowest BCUT2D eigenvalue weighted by Crippen LogP contribution is -2.37. The quantitative estimate of drug-likeness (QED) is 0.862. The number of aromatic nitrogens is 4. The van der Waals surface area contributed by atoms with Crippen molar-refractivity contribution in [2.75, 3.05) is 25.5 Å². The average molecular weight is 353 g/mol. The van der Waals surface area contributed by atoms with Crippen molar-refractivity contribution in [2.45, 2.75) is 19.8 Å². The van der Waals surface area contributed by atoms with E-state index in [9.17, 15) is 4.79 Å². The van der Waals surface area contributed by atoms with Gasteiger partial charge >= 0.3 is 0 Å². The minimum atomic E-state index is 0. The molecule has 0 spiro atoms.